The topological polar surface area (TPSA) is 381 Å². The highest BCUT2D eigenvalue weighted by Crippen LogP contribution is 2.48. The van der Waals surface area contributed by atoms with Crippen LogP contribution in [0.1, 0.15) is 170 Å². The third kappa shape index (κ3) is 19.2. The minimum atomic E-state index is -0.678. The number of aliphatic imine (C=N–C) groups is 3. The minimum absolute atomic E-state index is 0.000584. The summed E-state index contributed by atoms with van der Waals surface area (Å²) in [6.07, 6.45) is 6.34. The Hall–Kier alpha value is -10.9. The average Bonchev–Trinajstić information content (AvgIpc) is 1.59. The first-order chi connectivity index (χ1) is 56.7. The van der Waals surface area contributed by atoms with E-state index >= 15 is 0 Å². The van der Waals surface area contributed by atoms with Crippen LogP contribution in [0.2, 0.25) is 26.0 Å². The number of nitrogens with one attached hydrogen (secondary N) is 4. The molecule has 5 aliphatic heterocycles. The molecule has 4 unspecified atom stereocenters. The van der Waals surface area contributed by atoms with Gasteiger partial charge in [0.25, 0.3) is 0 Å². The number of hydrogen-bond acceptors (Lipinski definition) is 21. The molecule has 10 N–H and O–H groups in total. The summed E-state index contributed by atoms with van der Waals surface area (Å²) in [6, 6.07) is 44.6. The van der Waals surface area contributed by atoms with E-state index in [1.165, 1.54) is 38.6 Å². The van der Waals surface area contributed by atoms with Crippen molar-refractivity contribution in [3.63, 3.8) is 0 Å². The number of anilines is 3. The fourth-order valence-corrected chi connectivity index (χ4v) is 17.1. The predicted molar refractivity (Wildman–Crippen MR) is 459 cm³/mol. The third-order valence-corrected chi connectivity index (χ3v) is 24.1. The second kappa shape index (κ2) is 35.5. The van der Waals surface area contributed by atoms with Gasteiger partial charge in [0.1, 0.15) is 44.6 Å². The van der Waals surface area contributed by atoms with E-state index < -0.39 is 23.3 Å². The average molecular weight is 1720 g/mol. The van der Waals surface area contributed by atoms with E-state index in [0.717, 1.165) is 71.2 Å². The number of amides is 6. The molecule has 0 bridgehead atoms. The summed E-state index contributed by atoms with van der Waals surface area (Å²) >= 11 is 28.1. The first-order valence-corrected chi connectivity index (χ1v) is 41.3. The molecular weight excluding hydrogens is 1620 g/mol. The Morgan fingerprint density at radius 1 is 0.504 bits per heavy atom. The fraction of sp³-hybridized carbons (Fsp3) is 0.412. The molecule has 0 saturated heterocycles. The highest BCUT2D eigenvalue weighted by atomic mass is 35.5. The lowest BCUT2D eigenvalue weighted by Crippen LogP contribution is -2.51. The lowest BCUT2D eigenvalue weighted by Gasteiger charge is -2.34. The van der Waals surface area contributed by atoms with Gasteiger partial charge in [0.05, 0.1) is 80.0 Å². The molecule has 4 saturated carbocycles. The molecule has 0 spiro atoms. The molecule has 624 valence electrons. The number of nitrogen functional groups attached to an aromatic ring is 2. The van der Waals surface area contributed by atoms with Crippen LogP contribution in [0.4, 0.5) is 41.4 Å². The van der Waals surface area contributed by atoms with Gasteiger partial charge in [-0.3, -0.25) is 9.98 Å². The van der Waals surface area contributed by atoms with Gasteiger partial charge in [0.2, 0.25) is 16.6 Å². The van der Waals surface area contributed by atoms with Gasteiger partial charge in [-0.05, 0) is 151 Å². The van der Waals surface area contributed by atoms with Gasteiger partial charge in [-0.1, -0.05) is 170 Å². The minimum Gasteiger partial charge on any atom is -0.448 e. The fourth-order valence-electron chi connectivity index (χ4n) is 16.0. The number of urea groups is 3. The van der Waals surface area contributed by atoms with Crippen molar-refractivity contribution in [2.24, 2.45) is 20.7 Å². The van der Waals surface area contributed by atoms with Crippen molar-refractivity contribution in [3.05, 3.63) is 227 Å². The van der Waals surface area contributed by atoms with Crippen molar-refractivity contribution in [2.75, 3.05) is 56.2 Å². The maximum atomic E-state index is 13.1. The van der Waals surface area contributed by atoms with Gasteiger partial charge in [0, 0.05) is 81.6 Å². The molecule has 34 heteroatoms. The molecule has 8 aromatic rings. The molecule has 18 rings (SSSR count). The van der Waals surface area contributed by atoms with E-state index in [0.29, 0.717) is 97.6 Å². The van der Waals surface area contributed by atoms with Crippen molar-refractivity contribution >= 4 is 123 Å². The van der Waals surface area contributed by atoms with Crippen LogP contribution in [0.25, 0.3) is 0 Å². The number of halogens is 5. The van der Waals surface area contributed by atoms with Gasteiger partial charge < -0.3 is 62.6 Å². The quantitative estimate of drug-likeness (QED) is 0.0274. The number of carbonyl (C=O) groups is 5. The molecule has 8 atom stereocenters. The first kappa shape index (κ1) is 85.9. The van der Waals surface area contributed by atoms with Crippen LogP contribution in [-0.4, -0.2) is 177 Å². The number of amidine groups is 2. The van der Waals surface area contributed by atoms with Crippen LogP contribution in [0.5, 0.6) is 0 Å². The Balaban J connectivity index is 0.000000129. The van der Waals surface area contributed by atoms with Crippen LogP contribution in [0.15, 0.2) is 171 Å². The van der Waals surface area contributed by atoms with Crippen LogP contribution in [0, 0.1) is 0 Å². The van der Waals surface area contributed by atoms with E-state index in [1.807, 2.05) is 96.4 Å². The van der Waals surface area contributed by atoms with Crippen molar-refractivity contribution < 1.29 is 38.2 Å². The summed E-state index contributed by atoms with van der Waals surface area (Å²) in [7, 11) is 0. The number of aromatic nitrogens is 8. The number of isocyanates is 1. The summed E-state index contributed by atoms with van der Waals surface area (Å²) in [6.45, 7) is 22.9. The number of nitrogens with zero attached hydrogens (tertiary/aromatic N) is 14. The zero-order chi connectivity index (χ0) is 85.2. The van der Waals surface area contributed by atoms with Gasteiger partial charge in [-0.15, -0.1) is 9.36 Å². The van der Waals surface area contributed by atoms with E-state index in [1.54, 1.807) is 30.9 Å². The summed E-state index contributed by atoms with van der Waals surface area (Å²) < 4.78 is 12.1. The molecular formula is C85H96Cl5N21O8. The Morgan fingerprint density at radius 3 is 1.33 bits per heavy atom. The number of rotatable bonds is 11. The number of benzene rings is 4. The standard InChI is InChI=1S/C22H22Cl2N6O.C20H25N5O3.C18H22N4O.C11H17N3O2.C10H9NO.C4HCl3N2/c1-22(2)15-10-25-19(28-18-9-17(23)27-20(24)29-18)14(15)11-30(22)21(31)26-16-8-13(16)12-6-4-3-5-7-12;1-4-28-19(27)25-17(21)14-11-24(20(2,3)16(14)23-25)18(26)22-15-10-13(15)12-8-6-5-7-9-12;1-18(2)14-9-20-16(19)13(14)10-22(18)17(23)21-15-8-12(15)11-6-4-3-5-7-11;1-4-16-10(15)14-9(12)7-5-6-11(2,3)8(7)13-14;12-7-11-10-6-9(10)8-4-2-1-3-5-8;5-2-1-3(6)9-4(7)8-2/h3-7,9,13,16H,8,10-11H2,1-2H3,(H,26,31)(H,25,27,28,29);5-9,13,15H,4,10-11,21H2,1-3H3,(H,22,26);3-7,12,15H,8-10H2,1-2H3,(H2,19,20)(H,21,23);4-6,12H2,1-3H3;1-5,9-10H,6H2;1H/t13-,16?;13-,15?;12-,15?;;9?,10-;/m111.0./s1. The van der Waals surface area contributed by atoms with E-state index in [4.69, 9.17) is 84.7 Å². The summed E-state index contributed by atoms with van der Waals surface area (Å²) in [4.78, 5) is 106. The highest BCUT2D eigenvalue weighted by Gasteiger charge is 2.52. The molecule has 4 aromatic heterocycles. The number of ether oxygens (including phenoxy) is 2. The second-order valence-electron chi connectivity index (χ2n) is 32.5. The van der Waals surface area contributed by atoms with Crippen molar-refractivity contribution in [3.8, 4) is 0 Å². The molecule has 6 amide bonds. The molecule has 4 aromatic carbocycles. The first-order valence-electron chi connectivity index (χ1n) is 39.5. The molecule has 4 fully saturated rings. The third-order valence-electron chi connectivity index (χ3n) is 23.2. The van der Waals surface area contributed by atoms with Crippen molar-refractivity contribution in [2.45, 2.75) is 184 Å². The molecule has 9 heterocycles. The van der Waals surface area contributed by atoms with Crippen LogP contribution in [0.3, 0.4) is 0 Å². The maximum absolute atomic E-state index is 13.1. The van der Waals surface area contributed by atoms with E-state index in [2.05, 4.69) is 156 Å². The number of fused-ring (bicyclic) bond motifs is 2. The molecule has 29 nitrogen and oxygen atoms in total. The summed E-state index contributed by atoms with van der Waals surface area (Å²) in [5, 5.41) is 22.2. The molecule has 119 heavy (non-hydrogen) atoms. The van der Waals surface area contributed by atoms with Gasteiger partial charge in [-0.2, -0.15) is 10.2 Å². The predicted octanol–water partition coefficient (Wildman–Crippen LogP) is 15.1. The summed E-state index contributed by atoms with van der Waals surface area (Å²) in [5.74, 6) is 4.07. The number of nitrogens with two attached hydrogens (primary N) is 3. The molecule has 0 radical (unpaired) electrons. The van der Waals surface area contributed by atoms with Crippen LogP contribution >= 0.6 is 58.0 Å². The largest absolute Gasteiger partial charge is 0.448 e. The zero-order valence-corrected chi connectivity index (χ0v) is 71.4. The SMILES string of the molecule is CC1(C)C2=C(CN1C(=O)NC1C[C@@H]1c1ccccc1)C(N)=NC2.CC1(C)C2=C(CN1C(=O)NC1C[C@@H]1c1ccccc1)C(Nc1cc(Cl)nc(Cl)n1)=NC2.CCOC(=O)n1nc2c(c1N)CCC2(C)C.CCOC(=O)n1nc2c(c1N)CN(C(=O)NC1C[C@@H]1c1ccccc1)C2(C)C.Clc1cc(Cl)nc(Cl)n1.O=C=N[C@H]1CC1c1ccccc1. The molecule has 10 aliphatic rings. The van der Waals surface area contributed by atoms with Gasteiger partial charge in [0.15, 0.2) is 0 Å². The van der Waals surface area contributed by atoms with Crippen molar-refractivity contribution in [1.29, 1.82) is 0 Å². The van der Waals surface area contributed by atoms with Crippen LogP contribution in [-0.2, 0) is 38.2 Å². The second-order valence-corrected chi connectivity index (χ2v) is 34.3. The van der Waals surface area contributed by atoms with Gasteiger partial charge >= 0.3 is 30.3 Å². The number of carbonyl (C=O) groups excluding carboxylic acids is 6. The zero-order valence-electron chi connectivity index (χ0n) is 67.7. The monoisotopic (exact) mass is 1710 g/mol. The van der Waals surface area contributed by atoms with E-state index in [-0.39, 0.29) is 91.7 Å². The Kier molecular flexibility index (Phi) is 25.7. The normalized spacial score (nSPS) is 22.3. The van der Waals surface area contributed by atoms with Crippen molar-refractivity contribution in [1.82, 2.24) is 70.1 Å². The Labute approximate surface area is 715 Å². The van der Waals surface area contributed by atoms with E-state index in [9.17, 15) is 28.8 Å². The lowest BCUT2D eigenvalue weighted by atomic mass is 9.91. The highest BCUT2D eigenvalue weighted by molar-refractivity contribution is 6.35. The number of hydrogen-bond donors (Lipinski definition) is 7. The van der Waals surface area contributed by atoms with Crippen LogP contribution < -0.4 is 38.5 Å². The van der Waals surface area contributed by atoms with Gasteiger partial charge in [-0.25, -0.2) is 53.7 Å². The Morgan fingerprint density at radius 2 is 0.908 bits per heavy atom. The lowest BCUT2D eigenvalue weighted by molar-refractivity contribution is 0.138. The maximum Gasteiger partial charge on any atom is 0.436 e. The summed E-state index contributed by atoms with van der Waals surface area (Å²) in [5.41, 5.74) is 29.3. The Bertz CT molecular complexity index is 5280. The smallest absolute Gasteiger partial charge is 0.436 e. The molecule has 5 aliphatic carbocycles.